The number of aromatic nitrogens is 4. The van der Waals surface area contributed by atoms with Crippen molar-refractivity contribution in [2.45, 2.75) is 13.0 Å². The first kappa shape index (κ1) is 22.5. The Morgan fingerprint density at radius 1 is 0.861 bits per heavy atom. The Hall–Kier alpha value is -5.26. The predicted octanol–water partition coefficient (Wildman–Crippen LogP) is 4.54. The number of rotatable bonds is 6. The second-order valence-electron chi connectivity index (χ2n) is 7.87. The summed E-state index contributed by atoms with van der Waals surface area (Å²) in [6.45, 7) is 1.68. The number of nitro benzene ring substituents is 2. The lowest BCUT2D eigenvalue weighted by Crippen LogP contribution is -2.27. The summed E-state index contributed by atoms with van der Waals surface area (Å²) in [7, 11) is 0. The highest BCUT2D eigenvalue weighted by Gasteiger charge is 2.25. The van der Waals surface area contributed by atoms with Crippen molar-refractivity contribution in [2.75, 3.05) is 0 Å². The molecule has 0 spiro atoms. The van der Waals surface area contributed by atoms with Crippen LogP contribution in [0.3, 0.4) is 0 Å². The van der Waals surface area contributed by atoms with E-state index in [-0.39, 0.29) is 22.9 Å². The van der Waals surface area contributed by atoms with Crippen LogP contribution in [0.4, 0.5) is 11.4 Å². The highest BCUT2D eigenvalue weighted by atomic mass is 16.6. The monoisotopic (exact) mass is 484 g/mol. The molecule has 1 atom stereocenters. The fraction of sp³-hybridized carbons (Fsp3) is 0.0833. The average molecular weight is 484 g/mol. The summed E-state index contributed by atoms with van der Waals surface area (Å²) >= 11 is 0. The van der Waals surface area contributed by atoms with Crippen molar-refractivity contribution in [1.82, 2.24) is 19.7 Å². The maximum atomic E-state index is 13.5. The third-order valence-electron chi connectivity index (χ3n) is 5.60. The Morgan fingerprint density at radius 3 is 2.17 bits per heavy atom. The van der Waals surface area contributed by atoms with Crippen LogP contribution in [0.25, 0.3) is 33.7 Å². The third-order valence-corrected chi connectivity index (χ3v) is 5.60. The SMILES string of the molecule is CC(c1nnc(-c2cc([N+](=O)[O-])cc([N+](=O)[O-])c2)o1)n1c(-c2ccccc2)nc2ccccc2c1=O. The van der Waals surface area contributed by atoms with E-state index in [1.54, 1.807) is 31.2 Å². The van der Waals surface area contributed by atoms with Crippen LogP contribution in [0.15, 0.2) is 82.0 Å². The quantitative estimate of drug-likeness (QED) is 0.249. The van der Waals surface area contributed by atoms with Gasteiger partial charge in [-0.2, -0.15) is 0 Å². The summed E-state index contributed by atoms with van der Waals surface area (Å²) in [5.41, 5.74) is -0.0744. The third kappa shape index (κ3) is 3.96. The molecule has 0 saturated heterocycles. The van der Waals surface area contributed by atoms with Crippen LogP contribution in [0.1, 0.15) is 18.9 Å². The first-order valence-corrected chi connectivity index (χ1v) is 10.7. The van der Waals surface area contributed by atoms with Crippen LogP contribution in [0.5, 0.6) is 0 Å². The van der Waals surface area contributed by atoms with E-state index in [1.165, 1.54) is 4.57 Å². The van der Waals surface area contributed by atoms with Crippen LogP contribution in [-0.2, 0) is 0 Å². The molecule has 12 heteroatoms. The molecule has 0 aliphatic rings. The number of non-ortho nitro benzene ring substituents is 2. The van der Waals surface area contributed by atoms with Gasteiger partial charge in [0.25, 0.3) is 16.9 Å². The number of hydrogen-bond acceptors (Lipinski definition) is 9. The molecule has 0 amide bonds. The molecular formula is C24H16N6O6. The van der Waals surface area contributed by atoms with Crippen molar-refractivity contribution in [3.63, 3.8) is 0 Å². The normalized spacial score (nSPS) is 11.9. The van der Waals surface area contributed by atoms with E-state index in [0.29, 0.717) is 22.3 Å². The Labute approximate surface area is 201 Å². The zero-order valence-corrected chi connectivity index (χ0v) is 18.6. The molecule has 12 nitrogen and oxygen atoms in total. The van der Waals surface area contributed by atoms with Crippen LogP contribution in [0.2, 0.25) is 0 Å². The first-order chi connectivity index (χ1) is 17.3. The van der Waals surface area contributed by atoms with E-state index in [9.17, 15) is 25.0 Å². The van der Waals surface area contributed by atoms with Crippen molar-refractivity contribution in [3.8, 4) is 22.8 Å². The zero-order valence-electron chi connectivity index (χ0n) is 18.6. The van der Waals surface area contributed by atoms with Gasteiger partial charge in [-0.05, 0) is 19.1 Å². The van der Waals surface area contributed by atoms with E-state index in [1.807, 2.05) is 30.3 Å². The van der Waals surface area contributed by atoms with Gasteiger partial charge in [0, 0.05) is 17.7 Å². The molecule has 0 radical (unpaired) electrons. The Kier molecular flexibility index (Phi) is 5.53. The zero-order chi connectivity index (χ0) is 25.4. The summed E-state index contributed by atoms with van der Waals surface area (Å²) in [5.74, 6) is 0.250. The molecule has 0 fully saturated rings. The molecule has 5 rings (SSSR count). The molecule has 0 aliphatic heterocycles. The van der Waals surface area contributed by atoms with Crippen molar-refractivity contribution in [1.29, 1.82) is 0 Å². The summed E-state index contributed by atoms with van der Waals surface area (Å²) in [6, 6.07) is 18.4. The molecule has 0 saturated carbocycles. The van der Waals surface area contributed by atoms with Gasteiger partial charge in [-0.25, -0.2) is 4.98 Å². The molecule has 2 aromatic heterocycles. The maximum absolute atomic E-state index is 13.5. The van der Waals surface area contributed by atoms with Gasteiger partial charge in [0.05, 0.1) is 32.4 Å². The highest BCUT2D eigenvalue weighted by Crippen LogP contribution is 2.31. The molecular weight excluding hydrogens is 468 g/mol. The van der Waals surface area contributed by atoms with Gasteiger partial charge in [-0.3, -0.25) is 29.6 Å². The minimum Gasteiger partial charge on any atom is -0.418 e. The first-order valence-electron chi connectivity index (χ1n) is 10.7. The molecule has 0 bridgehead atoms. The van der Waals surface area contributed by atoms with Gasteiger partial charge in [0.15, 0.2) is 0 Å². The molecule has 2 heterocycles. The Balaban J connectivity index is 1.65. The van der Waals surface area contributed by atoms with Crippen LogP contribution in [-0.4, -0.2) is 29.6 Å². The van der Waals surface area contributed by atoms with Gasteiger partial charge in [0.1, 0.15) is 11.9 Å². The standard InChI is InChI=1S/C24H16N6O6/c1-14(22-26-27-23(36-22)16-11-17(29(32)33)13-18(12-16)30(34)35)28-21(15-7-3-2-4-8-15)25-20-10-6-5-9-19(20)24(28)31/h2-14H,1H3. The molecule has 0 N–H and O–H groups in total. The lowest BCUT2D eigenvalue weighted by molar-refractivity contribution is -0.394. The van der Waals surface area contributed by atoms with E-state index >= 15 is 0 Å². The number of para-hydroxylation sites is 1. The number of nitro groups is 2. The molecule has 3 aromatic carbocycles. The van der Waals surface area contributed by atoms with E-state index < -0.39 is 27.3 Å². The van der Waals surface area contributed by atoms with Crippen LogP contribution >= 0.6 is 0 Å². The summed E-state index contributed by atoms with van der Waals surface area (Å²) in [4.78, 5) is 39.2. The van der Waals surface area contributed by atoms with Gasteiger partial charge >= 0.3 is 0 Å². The van der Waals surface area contributed by atoms with Crippen LogP contribution < -0.4 is 5.56 Å². The number of benzene rings is 3. The second-order valence-corrected chi connectivity index (χ2v) is 7.87. The van der Waals surface area contributed by atoms with Crippen molar-refractivity contribution < 1.29 is 14.3 Å². The summed E-state index contributed by atoms with van der Waals surface area (Å²) in [5, 5.41) is 30.9. The van der Waals surface area contributed by atoms with Crippen molar-refractivity contribution in [2.24, 2.45) is 0 Å². The van der Waals surface area contributed by atoms with E-state index in [4.69, 9.17) is 9.40 Å². The van der Waals surface area contributed by atoms with E-state index in [0.717, 1.165) is 18.2 Å². The highest BCUT2D eigenvalue weighted by molar-refractivity contribution is 5.79. The van der Waals surface area contributed by atoms with Crippen molar-refractivity contribution >= 4 is 22.3 Å². The minimum absolute atomic E-state index is 0.00844. The second kappa shape index (κ2) is 8.83. The Bertz CT molecular complexity index is 1660. The average Bonchev–Trinajstić information content (AvgIpc) is 3.39. The minimum atomic E-state index is -0.778. The van der Waals surface area contributed by atoms with Gasteiger partial charge in [0.2, 0.25) is 11.8 Å². The summed E-state index contributed by atoms with van der Waals surface area (Å²) < 4.78 is 7.19. The number of nitrogens with zero attached hydrogens (tertiary/aromatic N) is 6. The number of hydrogen-bond donors (Lipinski definition) is 0. The topological polar surface area (TPSA) is 160 Å². The van der Waals surface area contributed by atoms with Crippen LogP contribution in [0, 0.1) is 20.2 Å². The van der Waals surface area contributed by atoms with Gasteiger partial charge < -0.3 is 4.42 Å². The van der Waals surface area contributed by atoms with Gasteiger partial charge in [-0.1, -0.05) is 42.5 Å². The van der Waals surface area contributed by atoms with Gasteiger partial charge in [-0.15, -0.1) is 10.2 Å². The molecule has 1 unspecified atom stereocenters. The fourth-order valence-corrected chi connectivity index (χ4v) is 3.86. The molecule has 5 aromatic rings. The lowest BCUT2D eigenvalue weighted by atomic mass is 10.1. The largest absolute Gasteiger partial charge is 0.418 e. The predicted molar refractivity (Wildman–Crippen MR) is 128 cm³/mol. The number of fused-ring (bicyclic) bond motifs is 1. The Morgan fingerprint density at radius 2 is 1.50 bits per heavy atom. The fourth-order valence-electron chi connectivity index (χ4n) is 3.86. The summed E-state index contributed by atoms with van der Waals surface area (Å²) in [6.07, 6.45) is 0. The molecule has 36 heavy (non-hydrogen) atoms. The lowest BCUT2D eigenvalue weighted by Gasteiger charge is -2.17. The smallest absolute Gasteiger partial charge is 0.277 e. The molecule has 0 aliphatic carbocycles. The maximum Gasteiger partial charge on any atom is 0.277 e. The van der Waals surface area contributed by atoms with E-state index in [2.05, 4.69) is 10.2 Å². The van der Waals surface area contributed by atoms with Crippen molar-refractivity contribution in [3.05, 3.63) is 109 Å². The molecule has 178 valence electrons.